The number of hydrogen-bond donors (Lipinski definition) is 3. The van der Waals surface area contributed by atoms with Crippen LogP contribution in [0, 0.1) is 5.92 Å². The Morgan fingerprint density at radius 3 is 2.55 bits per heavy atom. The third kappa shape index (κ3) is 8.85. The van der Waals surface area contributed by atoms with Crippen LogP contribution < -0.4 is 24.8 Å². The van der Waals surface area contributed by atoms with Crippen molar-refractivity contribution in [2.75, 3.05) is 13.7 Å². The highest BCUT2D eigenvalue weighted by Gasteiger charge is 2.62. The van der Waals surface area contributed by atoms with E-state index in [-0.39, 0.29) is 25.3 Å². The first-order valence-electron chi connectivity index (χ1n) is 18.5. The van der Waals surface area contributed by atoms with Crippen LogP contribution in [0.5, 0.6) is 11.6 Å². The maximum atomic E-state index is 14.5. The van der Waals surface area contributed by atoms with Crippen LogP contribution in [0.2, 0.25) is 0 Å². The van der Waals surface area contributed by atoms with Gasteiger partial charge in [0, 0.05) is 18.4 Å². The lowest BCUT2D eigenvalue weighted by atomic mass is 10.0. The summed E-state index contributed by atoms with van der Waals surface area (Å²) in [7, 11) is -2.34. The van der Waals surface area contributed by atoms with Gasteiger partial charge in [-0.15, -0.1) is 0 Å². The van der Waals surface area contributed by atoms with Gasteiger partial charge in [-0.3, -0.25) is 19.1 Å². The lowest BCUT2D eigenvalue weighted by Crippen LogP contribution is -2.58. The Morgan fingerprint density at radius 1 is 1.08 bits per heavy atom. The van der Waals surface area contributed by atoms with Gasteiger partial charge in [-0.05, 0) is 77.8 Å². The largest absolute Gasteiger partial charge is 0.497 e. The fraction of sp³-hybridized carbons (Fsp3) is 0.622. The van der Waals surface area contributed by atoms with Crippen LogP contribution in [0.3, 0.4) is 0 Å². The first-order chi connectivity index (χ1) is 25.1. The number of carbonyl (C=O) groups excluding carboxylic acids is 4. The molecule has 15 nitrogen and oxygen atoms in total. The van der Waals surface area contributed by atoms with Crippen molar-refractivity contribution in [1.82, 2.24) is 30.2 Å². The lowest BCUT2D eigenvalue weighted by Gasteiger charge is -2.30. The van der Waals surface area contributed by atoms with Crippen molar-refractivity contribution in [3.8, 4) is 11.6 Å². The monoisotopic (exact) mass is 754 g/mol. The third-order valence-corrected chi connectivity index (χ3v) is 11.9. The molecule has 2 aliphatic carbocycles. The lowest BCUT2D eigenvalue weighted by molar-refractivity contribution is -0.141. The van der Waals surface area contributed by atoms with E-state index in [2.05, 4.69) is 15.4 Å². The molecule has 2 aliphatic heterocycles. The van der Waals surface area contributed by atoms with Gasteiger partial charge in [0.1, 0.15) is 40.8 Å². The molecule has 0 spiro atoms. The molecule has 1 aromatic heterocycles. The van der Waals surface area contributed by atoms with E-state index in [9.17, 15) is 27.6 Å². The van der Waals surface area contributed by atoms with Gasteiger partial charge in [0.2, 0.25) is 27.7 Å². The molecule has 4 amide bonds. The number of alkyl carbamates (subject to hydrolysis) is 1. The highest BCUT2D eigenvalue weighted by atomic mass is 32.2. The summed E-state index contributed by atoms with van der Waals surface area (Å²) >= 11 is 0. The van der Waals surface area contributed by atoms with E-state index in [1.165, 1.54) is 4.90 Å². The summed E-state index contributed by atoms with van der Waals surface area (Å²) in [5.41, 5.74) is -0.525. The van der Waals surface area contributed by atoms with Crippen LogP contribution in [-0.2, 0) is 35.6 Å². The quantitative estimate of drug-likeness (QED) is 0.334. The SMILES string of the molecule is CCc1nc2ccc(OC)cc2nc1O[C@@H]1C[C@H]2C(=O)N[C@]3(C(=O)NS(=O)(=O)C4CC4)CC3/C=C\CCCCC[C@H](NC(=O)OC(C)(C)C)C(=O)N2C1. The highest BCUT2D eigenvalue weighted by Crippen LogP contribution is 2.46. The molecule has 1 aromatic carbocycles. The molecule has 4 aliphatic rings. The number of methoxy groups -OCH3 is 1. The molecule has 16 heteroatoms. The second-order valence-corrected chi connectivity index (χ2v) is 17.3. The van der Waals surface area contributed by atoms with Gasteiger partial charge in [0.15, 0.2) is 0 Å². The topological polar surface area (TPSA) is 195 Å². The second kappa shape index (κ2) is 15.1. The number of hydrogen-bond acceptors (Lipinski definition) is 11. The molecule has 2 aromatic rings. The fourth-order valence-corrected chi connectivity index (χ4v) is 8.33. The molecule has 0 radical (unpaired) electrons. The average molecular weight is 755 g/mol. The number of benzene rings is 1. The van der Waals surface area contributed by atoms with E-state index in [0.29, 0.717) is 61.0 Å². The summed E-state index contributed by atoms with van der Waals surface area (Å²) in [5, 5.41) is 4.98. The number of nitrogens with one attached hydrogen (secondary N) is 3. The van der Waals surface area contributed by atoms with Crippen molar-refractivity contribution < 1.29 is 41.8 Å². The summed E-state index contributed by atoms with van der Waals surface area (Å²) in [6.45, 7) is 7.08. The summed E-state index contributed by atoms with van der Waals surface area (Å²) < 4.78 is 45.1. The van der Waals surface area contributed by atoms with E-state index < -0.39 is 74.3 Å². The summed E-state index contributed by atoms with van der Waals surface area (Å²) in [5.74, 6) is -1.50. The highest BCUT2D eigenvalue weighted by molar-refractivity contribution is 7.91. The van der Waals surface area contributed by atoms with Gasteiger partial charge >= 0.3 is 6.09 Å². The number of fused-ring (bicyclic) bond motifs is 3. The number of sulfonamides is 1. The number of aryl methyl sites for hydroxylation is 1. The fourth-order valence-electron chi connectivity index (χ4n) is 6.96. The third-order valence-electron chi connectivity index (χ3n) is 10.1. The number of rotatable bonds is 8. The predicted octanol–water partition coefficient (Wildman–Crippen LogP) is 3.45. The smallest absolute Gasteiger partial charge is 0.408 e. The van der Waals surface area contributed by atoms with Gasteiger partial charge in [-0.2, -0.15) is 0 Å². The Balaban J connectivity index is 1.32. The number of aromatic nitrogens is 2. The van der Waals surface area contributed by atoms with Crippen molar-refractivity contribution in [1.29, 1.82) is 0 Å². The Hall–Kier alpha value is -4.47. The van der Waals surface area contributed by atoms with Crippen LogP contribution in [0.15, 0.2) is 30.4 Å². The van der Waals surface area contributed by atoms with Crippen LogP contribution in [0.25, 0.3) is 11.0 Å². The van der Waals surface area contributed by atoms with Crippen molar-refractivity contribution in [3.05, 3.63) is 36.0 Å². The van der Waals surface area contributed by atoms with E-state index in [0.717, 1.165) is 12.8 Å². The maximum absolute atomic E-state index is 14.5. The molecule has 3 fully saturated rings. The molecule has 6 rings (SSSR count). The molecule has 3 N–H and O–H groups in total. The Morgan fingerprint density at radius 2 is 1.85 bits per heavy atom. The zero-order valence-corrected chi connectivity index (χ0v) is 31.8. The number of amides is 4. The number of allylic oxidation sites excluding steroid dienone is 1. The van der Waals surface area contributed by atoms with E-state index in [1.54, 1.807) is 46.1 Å². The molecular weight excluding hydrogens is 705 g/mol. The van der Waals surface area contributed by atoms with E-state index >= 15 is 0 Å². The molecular formula is C37H50N6O9S. The van der Waals surface area contributed by atoms with Crippen LogP contribution in [0.1, 0.15) is 91.2 Å². The van der Waals surface area contributed by atoms with Crippen molar-refractivity contribution in [2.24, 2.45) is 5.92 Å². The number of nitrogens with zero attached hydrogens (tertiary/aromatic N) is 3. The normalized spacial score (nSPS) is 27.3. The molecule has 2 saturated carbocycles. The van der Waals surface area contributed by atoms with Crippen molar-refractivity contribution >= 4 is 44.9 Å². The van der Waals surface area contributed by atoms with E-state index in [1.807, 2.05) is 19.1 Å². The van der Waals surface area contributed by atoms with Gasteiger partial charge in [0.05, 0.1) is 29.9 Å². The standard InChI is InChI=1S/C37H50N6O9S/c1-6-26-32(39-29-18-23(50-5)14-17-27(29)38-26)51-24-19-30-31(44)41-37(34(46)42-53(48,49)25-15-16-25)20-22(37)12-10-8-7-9-11-13-28(33(45)43(30)21-24)40-35(47)52-36(2,3)4/h10,12,14,17-18,22,24-25,28,30H,6-9,11,13,15-16,19-21H2,1-5H3,(H,40,47)(H,41,44)(H,42,46)/b12-10-/t22?,24-,28+,30+,37-/m1/s1. The molecule has 1 saturated heterocycles. The van der Waals surface area contributed by atoms with Gasteiger partial charge in [0.25, 0.3) is 5.91 Å². The molecule has 3 heterocycles. The number of carbonyl (C=O) groups is 4. The molecule has 5 atom stereocenters. The Kier molecular flexibility index (Phi) is 10.9. The first kappa shape index (κ1) is 38.3. The average Bonchev–Trinajstić information content (AvgIpc) is 4.02. The minimum atomic E-state index is -3.89. The Bertz CT molecular complexity index is 1890. The van der Waals surface area contributed by atoms with E-state index in [4.69, 9.17) is 24.2 Å². The minimum Gasteiger partial charge on any atom is -0.497 e. The zero-order valence-electron chi connectivity index (χ0n) is 31.0. The van der Waals surface area contributed by atoms with Gasteiger partial charge in [-0.25, -0.2) is 23.2 Å². The first-order valence-corrected chi connectivity index (χ1v) is 20.0. The van der Waals surface area contributed by atoms with Gasteiger partial charge in [-0.1, -0.05) is 31.9 Å². The van der Waals surface area contributed by atoms with Crippen molar-refractivity contribution in [3.63, 3.8) is 0 Å². The minimum absolute atomic E-state index is 0.0248. The van der Waals surface area contributed by atoms with Crippen molar-refractivity contribution in [2.45, 2.75) is 126 Å². The predicted molar refractivity (Wildman–Crippen MR) is 194 cm³/mol. The Labute approximate surface area is 310 Å². The zero-order chi connectivity index (χ0) is 38.1. The van der Waals surface area contributed by atoms with Crippen LogP contribution in [0.4, 0.5) is 4.79 Å². The van der Waals surface area contributed by atoms with Crippen LogP contribution >= 0.6 is 0 Å². The number of ether oxygens (including phenoxy) is 3. The summed E-state index contributed by atoms with van der Waals surface area (Å²) in [6, 6.07) is 3.22. The molecule has 288 valence electrons. The molecule has 1 unspecified atom stereocenters. The molecule has 0 bridgehead atoms. The summed E-state index contributed by atoms with van der Waals surface area (Å²) in [4.78, 5) is 66.3. The molecule has 53 heavy (non-hydrogen) atoms. The maximum Gasteiger partial charge on any atom is 0.408 e. The second-order valence-electron chi connectivity index (χ2n) is 15.4. The van der Waals surface area contributed by atoms with Crippen LogP contribution in [-0.4, -0.2) is 95.3 Å². The van der Waals surface area contributed by atoms with Gasteiger partial charge < -0.3 is 29.7 Å². The summed E-state index contributed by atoms with van der Waals surface area (Å²) in [6.07, 6.45) is 7.20.